The highest BCUT2D eigenvalue weighted by molar-refractivity contribution is 7.73. The van der Waals surface area contributed by atoms with Gasteiger partial charge < -0.3 is 5.32 Å². The van der Waals surface area contributed by atoms with E-state index in [1.807, 2.05) is 16.8 Å². The molecule has 0 saturated heterocycles. The van der Waals surface area contributed by atoms with Crippen molar-refractivity contribution in [3.05, 3.63) is 20.8 Å². The first kappa shape index (κ1) is 7.90. The lowest BCUT2D eigenvalue weighted by molar-refractivity contribution is 1.08. The Bertz CT molecular complexity index is 400. The van der Waals surface area contributed by atoms with Crippen LogP contribution in [-0.4, -0.2) is 10.2 Å². The fraction of sp³-hybridized carbons (Fsp3) is 0. The predicted molar refractivity (Wildman–Crippen MR) is 54.9 cm³/mol. The Kier molecular flexibility index (Phi) is 2.20. The predicted octanol–water partition coefficient (Wildman–Crippen LogP) is 3.01. The van der Waals surface area contributed by atoms with Crippen molar-refractivity contribution >= 4 is 45.7 Å². The van der Waals surface area contributed by atoms with Crippen LogP contribution < -0.4 is 5.32 Å². The number of hydrogen-bond acceptors (Lipinski definition) is 5. The number of aromatic amines is 1. The number of aromatic nitrogens is 2. The van der Waals surface area contributed by atoms with Gasteiger partial charge in [-0.2, -0.15) is 11.3 Å². The van der Waals surface area contributed by atoms with Crippen molar-refractivity contribution in [3.63, 3.8) is 0 Å². The van der Waals surface area contributed by atoms with Crippen LogP contribution in [0.1, 0.15) is 0 Å². The number of nitrogens with one attached hydrogen (secondary N) is 2. The van der Waals surface area contributed by atoms with Crippen LogP contribution in [0, 0.1) is 3.95 Å². The van der Waals surface area contributed by atoms with Crippen LogP contribution >= 0.6 is 34.9 Å². The summed E-state index contributed by atoms with van der Waals surface area (Å²) in [6.07, 6.45) is 0. The maximum Gasteiger partial charge on any atom is 0.208 e. The summed E-state index contributed by atoms with van der Waals surface area (Å²) in [6, 6.07) is 2.00. The summed E-state index contributed by atoms with van der Waals surface area (Å²) in [4.78, 5) is 0. The quantitative estimate of drug-likeness (QED) is 0.757. The summed E-state index contributed by atoms with van der Waals surface area (Å²) < 4.78 is 0.688. The van der Waals surface area contributed by atoms with E-state index in [-0.39, 0.29) is 0 Å². The first-order valence-corrected chi connectivity index (χ1v) is 5.36. The topological polar surface area (TPSA) is 40.7 Å². The number of rotatable bonds is 2. The lowest BCUT2D eigenvalue weighted by atomic mass is 10.5. The van der Waals surface area contributed by atoms with Gasteiger partial charge in [-0.05, 0) is 23.7 Å². The monoisotopic (exact) mass is 215 g/mol. The highest BCUT2D eigenvalue weighted by Gasteiger charge is 1.97. The van der Waals surface area contributed by atoms with E-state index in [9.17, 15) is 0 Å². The molecule has 6 heteroatoms. The van der Waals surface area contributed by atoms with Gasteiger partial charge in [0.1, 0.15) is 0 Å². The van der Waals surface area contributed by atoms with Gasteiger partial charge in [0.05, 0.1) is 5.69 Å². The molecule has 2 aromatic heterocycles. The summed E-state index contributed by atoms with van der Waals surface area (Å²) in [6.45, 7) is 0. The largest absolute Gasteiger partial charge is 0.329 e. The van der Waals surface area contributed by atoms with Crippen molar-refractivity contribution < 1.29 is 0 Å². The van der Waals surface area contributed by atoms with E-state index in [0.717, 1.165) is 10.8 Å². The second kappa shape index (κ2) is 3.34. The Hall–Kier alpha value is -0.720. The Morgan fingerprint density at radius 3 is 3.08 bits per heavy atom. The molecule has 2 aromatic rings. The van der Waals surface area contributed by atoms with Crippen LogP contribution in [0.15, 0.2) is 16.8 Å². The van der Waals surface area contributed by atoms with Crippen LogP contribution in [0.4, 0.5) is 10.8 Å². The van der Waals surface area contributed by atoms with Gasteiger partial charge in [-0.3, -0.25) is 5.10 Å². The van der Waals surface area contributed by atoms with Crippen molar-refractivity contribution in [2.75, 3.05) is 5.32 Å². The van der Waals surface area contributed by atoms with E-state index < -0.39 is 0 Å². The molecule has 0 aromatic carbocycles. The molecular formula is C6H5N3S3. The third-order valence-electron chi connectivity index (χ3n) is 1.21. The van der Waals surface area contributed by atoms with Gasteiger partial charge in [0.15, 0.2) is 3.95 Å². The van der Waals surface area contributed by atoms with E-state index >= 15 is 0 Å². The molecule has 0 atom stereocenters. The molecule has 12 heavy (non-hydrogen) atoms. The minimum Gasteiger partial charge on any atom is -0.329 e. The number of hydrogen-bond donors (Lipinski definition) is 2. The maximum atomic E-state index is 4.89. The van der Waals surface area contributed by atoms with Crippen LogP contribution in [-0.2, 0) is 0 Å². The number of thiophene rings is 1. The van der Waals surface area contributed by atoms with Gasteiger partial charge in [-0.25, -0.2) is 0 Å². The molecule has 0 radical (unpaired) electrons. The number of nitrogens with zero attached hydrogens (tertiary/aromatic N) is 1. The molecule has 0 aliphatic heterocycles. The second-order valence-corrected chi connectivity index (χ2v) is 4.50. The molecule has 2 heterocycles. The van der Waals surface area contributed by atoms with E-state index in [4.69, 9.17) is 12.2 Å². The highest BCUT2D eigenvalue weighted by Crippen LogP contribution is 2.20. The van der Waals surface area contributed by atoms with Gasteiger partial charge in [-0.1, -0.05) is 11.3 Å². The van der Waals surface area contributed by atoms with E-state index in [1.54, 1.807) is 11.3 Å². The minimum absolute atomic E-state index is 0.688. The van der Waals surface area contributed by atoms with Crippen molar-refractivity contribution in [1.82, 2.24) is 10.2 Å². The van der Waals surface area contributed by atoms with Crippen molar-refractivity contribution in [2.45, 2.75) is 0 Å². The van der Waals surface area contributed by atoms with Crippen LogP contribution in [0.2, 0.25) is 0 Å². The van der Waals surface area contributed by atoms with Gasteiger partial charge in [-0.15, -0.1) is 5.10 Å². The van der Waals surface area contributed by atoms with Crippen LogP contribution in [0.3, 0.4) is 0 Å². The first-order valence-electron chi connectivity index (χ1n) is 3.19. The van der Waals surface area contributed by atoms with Crippen molar-refractivity contribution in [1.29, 1.82) is 0 Å². The molecule has 0 fully saturated rings. The van der Waals surface area contributed by atoms with Crippen molar-refractivity contribution in [3.8, 4) is 0 Å². The Balaban J connectivity index is 2.19. The molecule has 2 rings (SSSR count). The number of H-pyrrole nitrogens is 1. The third kappa shape index (κ3) is 1.71. The zero-order chi connectivity index (χ0) is 8.39. The highest BCUT2D eigenvalue weighted by atomic mass is 32.1. The molecule has 0 amide bonds. The fourth-order valence-corrected chi connectivity index (χ4v) is 2.14. The smallest absolute Gasteiger partial charge is 0.208 e. The number of anilines is 2. The van der Waals surface area contributed by atoms with Gasteiger partial charge in [0.2, 0.25) is 5.13 Å². The SMILES string of the molecule is S=c1[nH]nc(Nc2ccsc2)s1. The summed E-state index contributed by atoms with van der Waals surface area (Å²) >= 11 is 7.96. The summed E-state index contributed by atoms with van der Waals surface area (Å²) in [5, 5.41) is 14.6. The molecular weight excluding hydrogens is 210 g/mol. The molecule has 2 N–H and O–H groups in total. The molecule has 0 aliphatic carbocycles. The molecule has 0 unspecified atom stereocenters. The average molecular weight is 215 g/mol. The summed E-state index contributed by atoms with van der Waals surface area (Å²) in [5.74, 6) is 0. The molecule has 0 bridgehead atoms. The van der Waals surface area contributed by atoms with Crippen LogP contribution in [0.25, 0.3) is 0 Å². The Morgan fingerprint density at radius 1 is 1.58 bits per heavy atom. The van der Waals surface area contributed by atoms with E-state index in [2.05, 4.69) is 15.5 Å². The zero-order valence-corrected chi connectivity index (χ0v) is 8.35. The Morgan fingerprint density at radius 2 is 2.50 bits per heavy atom. The minimum atomic E-state index is 0.688. The average Bonchev–Trinajstić information content (AvgIpc) is 2.63. The lowest BCUT2D eigenvalue weighted by Crippen LogP contribution is -1.85. The third-order valence-corrected chi connectivity index (χ3v) is 2.90. The maximum absolute atomic E-state index is 4.89. The van der Waals surface area contributed by atoms with Gasteiger partial charge in [0, 0.05) is 5.38 Å². The van der Waals surface area contributed by atoms with Gasteiger partial charge >= 0.3 is 0 Å². The molecule has 3 nitrogen and oxygen atoms in total. The fourth-order valence-electron chi connectivity index (χ4n) is 0.742. The van der Waals surface area contributed by atoms with Gasteiger partial charge in [0.25, 0.3) is 0 Å². The van der Waals surface area contributed by atoms with Crippen LogP contribution in [0.5, 0.6) is 0 Å². The molecule has 62 valence electrons. The standard InChI is InChI=1S/C6H5N3S3/c10-6-9-8-5(12-6)7-4-1-2-11-3-4/h1-3H,(H,7,8)(H,9,10). The van der Waals surface area contributed by atoms with Crippen molar-refractivity contribution in [2.24, 2.45) is 0 Å². The molecule has 0 spiro atoms. The Labute approximate surface area is 82.1 Å². The first-order chi connectivity index (χ1) is 5.84. The molecule has 0 saturated carbocycles. The summed E-state index contributed by atoms with van der Waals surface area (Å²) in [5.41, 5.74) is 1.05. The van der Waals surface area contributed by atoms with E-state index in [1.165, 1.54) is 11.3 Å². The summed E-state index contributed by atoms with van der Waals surface area (Å²) in [7, 11) is 0. The second-order valence-electron chi connectivity index (χ2n) is 2.06. The lowest BCUT2D eigenvalue weighted by Gasteiger charge is -1.94. The normalized spacial score (nSPS) is 10.0. The van der Waals surface area contributed by atoms with E-state index in [0.29, 0.717) is 3.95 Å². The molecule has 0 aliphatic rings. The zero-order valence-electron chi connectivity index (χ0n) is 5.90.